The molecule has 0 aliphatic heterocycles. The van der Waals surface area contributed by atoms with Gasteiger partial charge in [-0.3, -0.25) is 14.9 Å². The standard InChI is InChI=1S/C13H17N3O4/c1-9-4-2-3-5-10(9)16(7-6-12(18)19)8-11(17)15-13(14)20/h2-5H,6-8H2,1H3,(H,18,19)(H3,14,15,17,20). The molecule has 0 bridgehead atoms. The van der Waals surface area contributed by atoms with E-state index in [0.29, 0.717) is 0 Å². The van der Waals surface area contributed by atoms with E-state index in [9.17, 15) is 14.4 Å². The van der Waals surface area contributed by atoms with E-state index in [1.807, 2.05) is 24.4 Å². The molecule has 0 unspecified atom stereocenters. The molecule has 7 heteroatoms. The summed E-state index contributed by atoms with van der Waals surface area (Å²) in [6.45, 7) is 1.88. The smallest absolute Gasteiger partial charge is 0.318 e. The lowest BCUT2D eigenvalue weighted by Gasteiger charge is -2.25. The minimum atomic E-state index is -0.959. The van der Waals surface area contributed by atoms with Crippen molar-refractivity contribution in [1.82, 2.24) is 5.32 Å². The van der Waals surface area contributed by atoms with Gasteiger partial charge in [-0.05, 0) is 18.6 Å². The molecule has 0 heterocycles. The van der Waals surface area contributed by atoms with Crippen LogP contribution in [0.1, 0.15) is 12.0 Å². The highest BCUT2D eigenvalue weighted by atomic mass is 16.4. The minimum absolute atomic E-state index is 0.113. The molecule has 1 aromatic rings. The van der Waals surface area contributed by atoms with Crippen LogP contribution in [-0.4, -0.2) is 36.1 Å². The van der Waals surface area contributed by atoms with Crippen LogP contribution in [0.5, 0.6) is 0 Å². The average Bonchev–Trinajstić information content (AvgIpc) is 2.34. The average molecular weight is 279 g/mol. The van der Waals surface area contributed by atoms with Crippen molar-refractivity contribution in [2.45, 2.75) is 13.3 Å². The summed E-state index contributed by atoms with van der Waals surface area (Å²) < 4.78 is 0. The van der Waals surface area contributed by atoms with E-state index in [1.54, 1.807) is 17.0 Å². The normalized spacial score (nSPS) is 9.85. The van der Waals surface area contributed by atoms with Gasteiger partial charge in [0.15, 0.2) is 0 Å². The zero-order valence-electron chi connectivity index (χ0n) is 11.1. The number of imide groups is 1. The molecule has 0 fully saturated rings. The number of hydrogen-bond acceptors (Lipinski definition) is 4. The molecule has 108 valence electrons. The van der Waals surface area contributed by atoms with Gasteiger partial charge >= 0.3 is 12.0 Å². The van der Waals surface area contributed by atoms with E-state index in [1.165, 1.54) is 0 Å². The summed E-state index contributed by atoms with van der Waals surface area (Å²) in [6, 6.07) is 6.35. The van der Waals surface area contributed by atoms with Crippen LogP contribution in [0.25, 0.3) is 0 Å². The summed E-state index contributed by atoms with van der Waals surface area (Å²) in [7, 11) is 0. The van der Waals surface area contributed by atoms with Crippen LogP contribution in [0.3, 0.4) is 0 Å². The third-order valence-corrected chi connectivity index (χ3v) is 2.65. The minimum Gasteiger partial charge on any atom is -0.481 e. The molecule has 20 heavy (non-hydrogen) atoms. The summed E-state index contributed by atoms with van der Waals surface area (Å²) in [5.74, 6) is -1.54. The van der Waals surface area contributed by atoms with Crippen molar-refractivity contribution in [2.75, 3.05) is 18.0 Å². The maximum atomic E-state index is 11.6. The fraction of sp³-hybridized carbons (Fsp3) is 0.308. The number of nitrogens with zero attached hydrogens (tertiary/aromatic N) is 1. The number of carbonyl (C=O) groups is 3. The number of para-hydroxylation sites is 1. The molecule has 0 radical (unpaired) electrons. The number of aliphatic carboxylic acids is 1. The highest BCUT2D eigenvalue weighted by molar-refractivity contribution is 5.95. The van der Waals surface area contributed by atoms with Gasteiger partial charge in [-0.1, -0.05) is 18.2 Å². The number of carbonyl (C=O) groups excluding carboxylic acids is 2. The number of anilines is 1. The summed E-state index contributed by atoms with van der Waals surface area (Å²) in [6.07, 6.45) is -0.113. The van der Waals surface area contributed by atoms with Crippen LogP contribution in [0.15, 0.2) is 24.3 Å². The first-order valence-electron chi connectivity index (χ1n) is 6.02. The number of amides is 3. The highest BCUT2D eigenvalue weighted by Crippen LogP contribution is 2.19. The monoisotopic (exact) mass is 279 g/mol. The van der Waals surface area contributed by atoms with E-state index >= 15 is 0 Å². The predicted octanol–water partition coefficient (Wildman–Crippen LogP) is 0.471. The molecule has 0 saturated heterocycles. The Morgan fingerprint density at radius 3 is 2.50 bits per heavy atom. The molecule has 1 aromatic carbocycles. The van der Waals surface area contributed by atoms with Crippen LogP contribution in [0.4, 0.5) is 10.5 Å². The second-order valence-electron chi connectivity index (χ2n) is 4.26. The third-order valence-electron chi connectivity index (χ3n) is 2.65. The van der Waals surface area contributed by atoms with Crippen molar-refractivity contribution >= 4 is 23.6 Å². The molecule has 0 spiro atoms. The Kier molecular flexibility index (Phi) is 5.52. The van der Waals surface area contributed by atoms with Gasteiger partial charge in [0.1, 0.15) is 0 Å². The quantitative estimate of drug-likeness (QED) is 0.700. The molecule has 0 aliphatic rings. The van der Waals surface area contributed by atoms with E-state index < -0.39 is 17.9 Å². The lowest BCUT2D eigenvalue weighted by atomic mass is 10.1. The largest absolute Gasteiger partial charge is 0.481 e. The van der Waals surface area contributed by atoms with Gasteiger partial charge < -0.3 is 15.7 Å². The zero-order chi connectivity index (χ0) is 15.1. The fourth-order valence-corrected chi connectivity index (χ4v) is 1.78. The van der Waals surface area contributed by atoms with Gasteiger partial charge in [-0.2, -0.15) is 0 Å². The van der Waals surface area contributed by atoms with E-state index in [0.717, 1.165) is 11.3 Å². The van der Waals surface area contributed by atoms with Crippen molar-refractivity contribution < 1.29 is 19.5 Å². The third kappa shape index (κ3) is 4.97. The Morgan fingerprint density at radius 1 is 1.30 bits per heavy atom. The number of carboxylic acid groups (broad SMARTS) is 1. The number of hydrogen-bond donors (Lipinski definition) is 3. The summed E-state index contributed by atoms with van der Waals surface area (Å²) in [5, 5.41) is 10.7. The number of nitrogens with two attached hydrogens (primary N) is 1. The molecule has 1 rings (SSSR count). The Labute approximate surface area is 116 Å². The van der Waals surface area contributed by atoms with Gasteiger partial charge in [0.2, 0.25) is 5.91 Å². The first-order valence-corrected chi connectivity index (χ1v) is 6.02. The Hall–Kier alpha value is -2.57. The Morgan fingerprint density at radius 2 is 1.95 bits per heavy atom. The van der Waals surface area contributed by atoms with Crippen LogP contribution >= 0.6 is 0 Å². The molecule has 0 aromatic heterocycles. The van der Waals surface area contributed by atoms with Crippen molar-refractivity contribution in [3.63, 3.8) is 0 Å². The van der Waals surface area contributed by atoms with Gasteiger partial charge in [-0.25, -0.2) is 4.79 Å². The van der Waals surface area contributed by atoms with E-state index in [-0.39, 0.29) is 19.5 Å². The van der Waals surface area contributed by atoms with E-state index in [4.69, 9.17) is 10.8 Å². The number of benzene rings is 1. The van der Waals surface area contributed by atoms with Crippen LogP contribution in [0.2, 0.25) is 0 Å². The summed E-state index contributed by atoms with van der Waals surface area (Å²) in [4.78, 5) is 34.5. The first kappa shape index (κ1) is 15.5. The number of nitrogens with one attached hydrogen (secondary N) is 1. The second-order valence-corrected chi connectivity index (χ2v) is 4.26. The first-order chi connectivity index (χ1) is 9.40. The van der Waals surface area contributed by atoms with Crippen molar-refractivity contribution in [3.8, 4) is 0 Å². The number of primary amides is 1. The SMILES string of the molecule is Cc1ccccc1N(CCC(=O)O)CC(=O)NC(N)=O. The molecule has 7 nitrogen and oxygen atoms in total. The van der Waals surface area contributed by atoms with Crippen molar-refractivity contribution in [2.24, 2.45) is 5.73 Å². The topological polar surface area (TPSA) is 113 Å². The van der Waals surface area contributed by atoms with Crippen LogP contribution in [0, 0.1) is 6.92 Å². The van der Waals surface area contributed by atoms with Gasteiger partial charge in [0.25, 0.3) is 0 Å². The molecule has 0 aliphatic carbocycles. The Balaban J connectivity index is 2.85. The zero-order valence-corrected chi connectivity index (χ0v) is 11.1. The van der Waals surface area contributed by atoms with Crippen LogP contribution < -0.4 is 16.0 Å². The molecule has 0 atom stereocenters. The molecular weight excluding hydrogens is 262 g/mol. The molecular formula is C13H17N3O4. The highest BCUT2D eigenvalue weighted by Gasteiger charge is 2.15. The Bertz CT molecular complexity index is 516. The number of urea groups is 1. The lowest BCUT2D eigenvalue weighted by Crippen LogP contribution is -2.43. The number of rotatable bonds is 6. The molecule has 0 saturated carbocycles. The summed E-state index contributed by atoms with van der Waals surface area (Å²) in [5.41, 5.74) is 6.53. The number of carboxylic acids is 1. The summed E-state index contributed by atoms with van der Waals surface area (Å²) >= 11 is 0. The van der Waals surface area contributed by atoms with Gasteiger partial charge in [-0.15, -0.1) is 0 Å². The van der Waals surface area contributed by atoms with Crippen molar-refractivity contribution in [1.29, 1.82) is 0 Å². The number of aryl methyl sites for hydroxylation is 1. The van der Waals surface area contributed by atoms with Gasteiger partial charge in [0, 0.05) is 12.2 Å². The van der Waals surface area contributed by atoms with Crippen molar-refractivity contribution in [3.05, 3.63) is 29.8 Å². The fourth-order valence-electron chi connectivity index (χ4n) is 1.78. The lowest BCUT2D eigenvalue weighted by molar-refractivity contribution is -0.136. The van der Waals surface area contributed by atoms with E-state index in [2.05, 4.69) is 0 Å². The molecule has 4 N–H and O–H groups in total. The van der Waals surface area contributed by atoms with Crippen LogP contribution in [-0.2, 0) is 9.59 Å². The van der Waals surface area contributed by atoms with Gasteiger partial charge in [0.05, 0.1) is 13.0 Å². The predicted molar refractivity (Wildman–Crippen MR) is 73.4 cm³/mol. The second kappa shape index (κ2) is 7.13. The molecule has 3 amide bonds. The maximum Gasteiger partial charge on any atom is 0.318 e. The maximum absolute atomic E-state index is 11.6.